The van der Waals surface area contributed by atoms with Gasteiger partial charge in [0.05, 0.1) is 0 Å². The molecular weight excluding hydrogens is 250 g/mol. The van der Waals surface area contributed by atoms with Gasteiger partial charge in [-0.1, -0.05) is 19.3 Å². The Balaban J connectivity index is 1.50. The van der Waals surface area contributed by atoms with E-state index in [4.69, 9.17) is 0 Å². The molecule has 3 aliphatic rings. The Labute approximate surface area is 122 Å². The minimum absolute atomic E-state index is 0.0863. The molecule has 0 aromatic rings. The summed E-state index contributed by atoms with van der Waals surface area (Å²) in [6.45, 7) is 4.05. The second-order valence-electron chi connectivity index (χ2n) is 6.92. The highest BCUT2D eigenvalue weighted by atomic mass is 16.2. The Hall–Kier alpha value is -0.610. The number of nitrogens with zero attached hydrogens (tertiary/aromatic N) is 2. The van der Waals surface area contributed by atoms with E-state index in [0.29, 0.717) is 12.3 Å². The van der Waals surface area contributed by atoms with Crippen LogP contribution < -0.4 is 5.32 Å². The number of carbonyl (C=O) groups is 1. The Morgan fingerprint density at radius 2 is 1.75 bits per heavy atom. The molecular formula is C16H29N3O. The van der Waals surface area contributed by atoms with Gasteiger partial charge in [0.1, 0.15) is 0 Å². The third kappa shape index (κ3) is 3.17. The molecule has 1 heterocycles. The lowest BCUT2D eigenvalue weighted by molar-refractivity contribution is -0.135. The molecule has 0 aromatic heterocycles. The van der Waals surface area contributed by atoms with Crippen molar-refractivity contribution < 1.29 is 4.79 Å². The maximum absolute atomic E-state index is 12.6. The van der Waals surface area contributed by atoms with E-state index < -0.39 is 0 Å². The van der Waals surface area contributed by atoms with Gasteiger partial charge in [-0.25, -0.2) is 0 Å². The molecule has 0 atom stereocenters. The van der Waals surface area contributed by atoms with E-state index in [9.17, 15) is 4.79 Å². The van der Waals surface area contributed by atoms with Crippen LogP contribution in [0.4, 0.5) is 0 Å². The molecule has 1 saturated heterocycles. The highest BCUT2D eigenvalue weighted by molar-refractivity contribution is 5.77. The van der Waals surface area contributed by atoms with Crippen LogP contribution in [-0.4, -0.2) is 60.5 Å². The zero-order valence-electron chi connectivity index (χ0n) is 12.9. The predicted octanol–water partition coefficient (Wildman–Crippen LogP) is 1.61. The summed E-state index contributed by atoms with van der Waals surface area (Å²) in [5, 5.41) is 3.47. The fraction of sp³-hybridized carbons (Fsp3) is 0.938. The van der Waals surface area contributed by atoms with Crippen molar-refractivity contribution >= 4 is 5.91 Å². The van der Waals surface area contributed by atoms with Crippen LogP contribution in [0.5, 0.6) is 0 Å². The van der Waals surface area contributed by atoms with Crippen molar-refractivity contribution in [2.45, 2.75) is 62.9 Å². The fourth-order valence-corrected chi connectivity index (χ4v) is 3.92. The highest BCUT2D eigenvalue weighted by Crippen LogP contribution is 2.32. The fourth-order valence-electron chi connectivity index (χ4n) is 3.92. The van der Waals surface area contributed by atoms with E-state index >= 15 is 0 Å². The number of rotatable bonds is 4. The van der Waals surface area contributed by atoms with Crippen LogP contribution in [-0.2, 0) is 4.79 Å². The largest absolute Gasteiger partial charge is 0.340 e. The first kappa shape index (κ1) is 14.3. The second-order valence-corrected chi connectivity index (χ2v) is 6.92. The molecule has 3 rings (SSSR count). The SMILES string of the molecule is CNC1(CC(=O)N2CCN(C3CC3)CC2)CCCCC1. The topological polar surface area (TPSA) is 35.6 Å². The normalized spacial score (nSPS) is 27.6. The van der Waals surface area contributed by atoms with Crippen molar-refractivity contribution in [2.75, 3.05) is 33.2 Å². The molecule has 0 radical (unpaired) electrons. The van der Waals surface area contributed by atoms with E-state index in [1.807, 2.05) is 7.05 Å². The van der Waals surface area contributed by atoms with Gasteiger partial charge in [0.25, 0.3) is 0 Å². The zero-order chi connectivity index (χ0) is 14.0. The molecule has 0 aromatic carbocycles. The van der Waals surface area contributed by atoms with Gasteiger partial charge >= 0.3 is 0 Å². The summed E-state index contributed by atoms with van der Waals surface area (Å²) in [5.74, 6) is 0.372. The monoisotopic (exact) mass is 279 g/mol. The van der Waals surface area contributed by atoms with Gasteiger partial charge in [-0.3, -0.25) is 9.69 Å². The molecule has 4 nitrogen and oxygen atoms in total. The van der Waals surface area contributed by atoms with Crippen molar-refractivity contribution in [1.29, 1.82) is 0 Å². The zero-order valence-corrected chi connectivity index (χ0v) is 12.9. The van der Waals surface area contributed by atoms with E-state index in [-0.39, 0.29) is 5.54 Å². The van der Waals surface area contributed by atoms with Crippen LogP contribution in [0.3, 0.4) is 0 Å². The molecule has 0 unspecified atom stereocenters. The summed E-state index contributed by atoms with van der Waals surface area (Å²) in [4.78, 5) is 17.3. The average Bonchev–Trinajstić information content (AvgIpc) is 3.33. The van der Waals surface area contributed by atoms with Gasteiger partial charge in [0.2, 0.25) is 5.91 Å². The lowest BCUT2D eigenvalue weighted by Crippen LogP contribution is -2.53. The van der Waals surface area contributed by atoms with Crippen LogP contribution in [0.2, 0.25) is 0 Å². The van der Waals surface area contributed by atoms with Crippen molar-refractivity contribution in [1.82, 2.24) is 15.1 Å². The number of nitrogens with one attached hydrogen (secondary N) is 1. The molecule has 2 aliphatic carbocycles. The first-order valence-electron chi connectivity index (χ1n) is 8.43. The van der Waals surface area contributed by atoms with E-state index in [1.54, 1.807) is 0 Å². The minimum atomic E-state index is 0.0863. The second kappa shape index (κ2) is 6.02. The average molecular weight is 279 g/mol. The standard InChI is InChI=1S/C16H29N3O/c1-17-16(7-3-2-4-8-16)13-15(20)19-11-9-18(10-12-19)14-5-6-14/h14,17H,2-13H2,1H3. The molecule has 20 heavy (non-hydrogen) atoms. The molecule has 0 bridgehead atoms. The molecule has 2 saturated carbocycles. The van der Waals surface area contributed by atoms with Crippen molar-refractivity contribution in [3.63, 3.8) is 0 Å². The summed E-state index contributed by atoms with van der Waals surface area (Å²) in [6, 6.07) is 0.842. The predicted molar refractivity (Wildman–Crippen MR) is 80.7 cm³/mol. The van der Waals surface area contributed by atoms with E-state index in [1.165, 1.54) is 32.1 Å². The first-order valence-corrected chi connectivity index (χ1v) is 8.43. The van der Waals surface area contributed by atoms with Gasteiger partial charge in [-0.15, -0.1) is 0 Å². The number of hydrogen-bond donors (Lipinski definition) is 1. The lowest BCUT2D eigenvalue weighted by Gasteiger charge is -2.40. The molecule has 1 amide bonds. The third-order valence-corrected chi connectivity index (χ3v) is 5.56. The summed E-state index contributed by atoms with van der Waals surface area (Å²) >= 11 is 0. The minimum Gasteiger partial charge on any atom is -0.340 e. The van der Waals surface area contributed by atoms with Crippen molar-refractivity contribution in [2.24, 2.45) is 0 Å². The molecule has 0 spiro atoms. The van der Waals surface area contributed by atoms with Gasteiger partial charge in [0, 0.05) is 44.2 Å². The molecule has 114 valence electrons. The summed E-state index contributed by atoms with van der Waals surface area (Å²) < 4.78 is 0. The highest BCUT2D eigenvalue weighted by Gasteiger charge is 2.36. The maximum Gasteiger partial charge on any atom is 0.224 e. The van der Waals surface area contributed by atoms with Gasteiger partial charge in [0.15, 0.2) is 0 Å². The summed E-state index contributed by atoms with van der Waals surface area (Å²) in [7, 11) is 2.03. The summed E-state index contributed by atoms with van der Waals surface area (Å²) in [5.41, 5.74) is 0.0863. The molecule has 3 fully saturated rings. The third-order valence-electron chi connectivity index (χ3n) is 5.56. The number of amides is 1. The Kier molecular flexibility index (Phi) is 4.32. The van der Waals surface area contributed by atoms with Crippen molar-refractivity contribution in [3.05, 3.63) is 0 Å². The van der Waals surface area contributed by atoms with Crippen molar-refractivity contribution in [3.8, 4) is 0 Å². The number of carbonyl (C=O) groups excluding carboxylic acids is 1. The molecule has 1 N–H and O–H groups in total. The molecule has 4 heteroatoms. The Morgan fingerprint density at radius 1 is 1.10 bits per heavy atom. The Morgan fingerprint density at radius 3 is 2.30 bits per heavy atom. The summed E-state index contributed by atoms with van der Waals surface area (Å²) in [6.07, 6.45) is 9.64. The van der Waals surface area contributed by atoms with Gasteiger partial charge in [-0.05, 0) is 32.7 Å². The lowest BCUT2D eigenvalue weighted by atomic mass is 9.79. The van der Waals surface area contributed by atoms with E-state index in [2.05, 4.69) is 15.1 Å². The van der Waals surface area contributed by atoms with Crippen LogP contribution >= 0.6 is 0 Å². The number of hydrogen-bond acceptors (Lipinski definition) is 3. The van der Waals surface area contributed by atoms with E-state index in [0.717, 1.165) is 45.1 Å². The van der Waals surface area contributed by atoms with Crippen LogP contribution in [0.15, 0.2) is 0 Å². The van der Waals surface area contributed by atoms with Gasteiger partial charge in [-0.2, -0.15) is 0 Å². The van der Waals surface area contributed by atoms with Gasteiger partial charge < -0.3 is 10.2 Å². The maximum atomic E-state index is 12.6. The number of piperazine rings is 1. The van der Waals surface area contributed by atoms with Crippen LogP contribution in [0, 0.1) is 0 Å². The van der Waals surface area contributed by atoms with Crippen LogP contribution in [0.1, 0.15) is 51.4 Å². The smallest absolute Gasteiger partial charge is 0.224 e. The Bertz CT molecular complexity index is 340. The van der Waals surface area contributed by atoms with Crippen LogP contribution in [0.25, 0.3) is 0 Å². The first-order chi connectivity index (χ1) is 9.72. The molecule has 1 aliphatic heterocycles. The quantitative estimate of drug-likeness (QED) is 0.849.